The minimum Gasteiger partial charge on any atom is -0.491 e. The zero-order valence-electron chi connectivity index (χ0n) is 12.3. The van der Waals surface area contributed by atoms with Gasteiger partial charge >= 0.3 is 0 Å². The Kier molecular flexibility index (Phi) is 3.67. The standard InChI is InChI=1S/C16H25NO/c1-6-7-17-14-10-18-15-12(14)8-11(2)9-13(15)16(3,4)5/h8-9,14,17H,6-7,10H2,1-5H3. The number of hydrogen-bond acceptors (Lipinski definition) is 2. The van der Waals surface area contributed by atoms with E-state index in [-0.39, 0.29) is 5.41 Å². The van der Waals surface area contributed by atoms with E-state index in [0.717, 1.165) is 25.3 Å². The van der Waals surface area contributed by atoms with Crippen molar-refractivity contribution in [3.8, 4) is 5.75 Å². The topological polar surface area (TPSA) is 21.3 Å². The maximum Gasteiger partial charge on any atom is 0.128 e. The van der Waals surface area contributed by atoms with Crippen LogP contribution in [0.25, 0.3) is 0 Å². The van der Waals surface area contributed by atoms with E-state index in [0.29, 0.717) is 6.04 Å². The van der Waals surface area contributed by atoms with Crippen molar-refractivity contribution in [2.45, 2.75) is 52.5 Å². The molecule has 0 spiro atoms. The Bertz CT molecular complexity index is 431. The molecule has 1 unspecified atom stereocenters. The molecule has 1 aliphatic heterocycles. The van der Waals surface area contributed by atoms with Crippen LogP contribution in [0.15, 0.2) is 12.1 Å². The first kappa shape index (κ1) is 13.4. The van der Waals surface area contributed by atoms with Crippen molar-refractivity contribution in [1.82, 2.24) is 5.32 Å². The first-order chi connectivity index (χ1) is 8.43. The minimum atomic E-state index is 0.135. The number of benzene rings is 1. The third-order valence-corrected chi connectivity index (χ3v) is 3.48. The van der Waals surface area contributed by atoms with Gasteiger partial charge in [0.25, 0.3) is 0 Å². The Morgan fingerprint density at radius 3 is 2.67 bits per heavy atom. The molecule has 1 aromatic rings. The van der Waals surface area contributed by atoms with E-state index in [1.165, 1.54) is 16.7 Å². The molecule has 18 heavy (non-hydrogen) atoms. The van der Waals surface area contributed by atoms with Gasteiger partial charge in [0.15, 0.2) is 0 Å². The molecular formula is C16H25NO. The highest BCUT2D eigenvalue weighted by Crippen LogP contribution is 2.41. The Balaban J connectivity index is 2.38. The molecule has 0 bridgehead atoms. The quantitative estimate of drug-likeness (QED) is 0.879. The van der Waals surface area contributed by atoms with E-state index in [2.05, 4.69) is 52.1 Å². The fourth-order valence-corrected chi connectivity index (χ4v) is 2.52. The number of nitrogens with one attached hydrogen (secondary N) is 1. The van der Waals surface area contributed by atoms with Gasteiger partial charge < -0.3 is 10.1 Å². The van der Waals surface area contributed by atoms with Crippen LogP contribution in [-0.2, 0) is 5.41 Å². The van der Waals surface area contributed by atoms with Crippen LogP contribution < -0.4 is 10.1 Å². The van der Waals surface area contributed by atoms with Crippen LogP contribution in [-0.4, -0.2) is 13.2 Å². The fourth-order valence-electron chi connectivity index (χ4n) is 2.52. The SMILES string of the molecule is CCCNC1COc2c1cc(C)cc2C(C)(C)C. The van der Waals surface area contributed by atoms with Crippen LogP contribution >= 0.6 is 0 Å². The van der Waals surface area contributed by atoms with Gasteiger partial charge in [-0.25, -0.2) is 0 Å². The van der Waals surface area contributed by atoms with Crippen LogP contribution in [0.5, 0.6) is 5.75 Å². The molecule has 0 saturated heterocycles. The highest BCUT2D eigenvalue weighted by molar-refractivity contribution is 5.51. The Morgan fingerprint density at radius 1 is 1.33 bits per heavy atom. The molecule has 100 valence electrons. The van der Waals surface area contributed by atoms with Crippen molar-refractivity contribution in [3.63, 3.8) is 0 Å². The van der Waals surface area contributed by atoms with E-state index < -0.39 is 0 Å². The number of fused-ring (bicyclic) bond motifs is 1. The molecule has 0 saturated carbocycles. The predicted molar refractivity (Wildman–Crippen MR) is 76.4 cm³/mol. The molecule has 0 aromatic heterocycles. The van der Waals surface area contributed by atoms with Gasteiger partial charge in [-0.2, -0.15) is 0 Å². The smallest absolute Gasteiger partial charge is 0.128 e. The first-order valence-electron chi connectivity index (χ1n) is 6.94. The number of ether oxygens (including phenoxy) is 1. The second-order valence-electron chi connectivity index (χ2n) is 6.30. The van der Waals surface area contributed by atoms with Crippen molar-refractivity contribution in [2.75, 3.05) is 13.2 Å². The second-order valence-corrected chi connectivity index (χ2v) is 6.30. The van der Waals surface area contributed by atoms with Crippen molar-refractivity contribution >= 4 is 0 Å². The van der Waals surface area contributed by atoms with E-state index in [1.54, 1.807) is 0 Å². The number of hydrogen-bond donors (Lipinski definition) is 1. The molecule has 0 radical (unpaired) electrons. The summed E-state index contributed by atoms with van der Waals surface area (Å²) in [5.41, 5.74) is 4.13. The first-order valence-corrected chi connectivity index (χ1v) is 6.94. The van der Waals surface area contributed by atoms with Crippen LogP contribution in [0.3, 0.4) is 0 Å². The average molecular weight is 247 g/mol. The zero-order valence-corrected chi connectivity index (χ0v) is 12.3. The summed E-state index contributed by atoms with van der Waals surface area (Å²) in [4.78, 5) is 0. The van der Waals surface area contributed by atoms with Gasteiger partial charge in [-0.3, -0.25) is 0 Å². The molecular weight excluding hydrogens is 222 g/mol. The average Bonchev–Trinajstić information content (AvgIpc) is 2.67. The van der Waals surface area contributed by atoms with Crippen LogP contribution in [0.1, 0.15) is 56.8 Å². The molecule has 1 heterocycles. The molecule has 1 aliphatic rings. The van der Waals surface area contributed by atoms with Crippen LogP contribution in [0.2, 0.25) is 0 Å². The molecule has 2 rings (SSSR count). The summed E-state index contributed by atoms with van der Waals surface area (Å²) >= 11 is 0. The van der Waals surface area contributed by atoms with Crippen molar-refractivity contribution in [3.05, 3.63) is 28.8 Å². The summed E-state index contributed by atoms with van der Waals surface area (Å²) in [5, 5.41) is 3.57. The highest BCUT2D eigenvalue weighted by atomic mass is 16.5. The Labute approximate surface area is 111 Å². The predicted octanol–water partition coefficient (Wildman–Crippen LogP) is 3.73. The Morgan fingerprint density at radius 2 is 2.06 bits per heavy atom. The molecule has 0 amide bonds. The highest BCUT2D eigenvalue weighted by Gasteiger charge is 2.30. The van der Waals surface area contributed by atoms with E-state index >= 15 is 0 Å². The normalized spacial score (nSPS) is 18.6. The van der Waals surface area contributed by atoms with Gasteiger partial charge in [0, 0.05) is 11.1 Å². The summed E-state index contributed by atoms with van der Waals surface area (Å²) in [7, 11) is 0. The second kappa shape index (κ2) is 4.93. The Hall–Kier alpha value is -1.02. The van der Waals surface area contributed by atoms with Gasteiger partial charge in [-0.15, -0.1) is 0 Å². The molecule has 1 N–H and O–H groups in total. The van der Waals surface area contributed by atoms with Crippen molar-refractivity contribution in [1.29, 1.82) is 0 Å². The molecule has 0 aliphatic carbocycles. The van der Waals surface area contributed by atoms with Crippen LogP contribution in [0.4, 0.5) is 0 Å². The van der Waals surface area contributed by atoms with E-state index in [4.69, 9.17) is 4.74 Å². The molecule has 2 nitrogen and oxygen atoms in total. The minimum absolute atomic E-state index is 0.135. The lowest BCUT2D eigenvalue weighted by Gasteiger charge is -2.22. The summed E-state index contributed by atoms with van der Waals surface area (Å²) < 4.78 is 5.96. The largest absolute Gasteiger partial charge is 0.491 e. The maximum atomic E-state index is 5.96. The lowest BCUT2D eigenvalue weighted by Crippen LogP contribution is -2.23. The lowest BCUT2D eigenvalue weighted by molar-refractivity contribution is 0.306. The van der Waals surface area contributed by atoms with Crippen LogP contribution in [0, 0.1) is 6.92 Å². The lowest BCUT2D eigenvalue weighted by atomic mass is 9.84. The number of rotatable bonds is 3. The number of aryl methyl sites for hydroxylation is 1. The third-order valence-electron chi connectivity index (χ3n) is 3.48. The van der Waals surface area contributed by atoms with Gasteiger partial charge in [0.2, 0.25) is 0 Å². The maximum absolute atomic E-state index is 5.96. The third kappa shape index (κ3) is 2.54. The van der Waals surface area contributed by atoms with E-state index in [1.807, 2.05) is 0 Å². The van der Waals surface area contributed by atoms with Gasteiger partial charge in [0.1, 0.15) is 12.4 Å². The van der Waals surface area contributed by atoms with Gasteiger partial charge in [0.05, 0.1) is 6.04 Å². The van der Waals surface area contributed by atoms with Crippen molar-refractivity contribution < 1.29 is 4.74 Å². The molecule has 1 atom stereocenters. The summed E-state index contributed by atoms with van der Waals surface area (Å²) in [6, 6.07) is 4.90. The summed E-state index contributed by atoms with van der Waals surface area (Å²) in [5.74, 6) is 1.11. The van der Waals surface area contributed by atoms with Gasteiger partial charge in [-0.05, 0) is 25.3 Å². The molecule has 1 aromatic carbocycles. The summed E-state index contributed by atoms with van der Waals surface area (Å²) in [6.45, 7) is 12.9. The summed E-state index contributed by atoms with van der Waals surface area (Å²) in [6.07, 6.45) is 1.16. The zero-order chi connectivity index (χ0) is 13.3. The molecule has 0 fully saturated rings. The van der Waals surface area contributed by atoms with E-state index in [9.17, 15) is 0 Å². The van der Waals surface area contributed by atoms with Crippen molar-refractivity contribution in [2.24, 2.45) is 0 Å². The van der Waals surface area contributed by atoms with Gasteiger partial charge in [-0.1, -0.05) is 45.4 Å². The molecule has 2 heteroatoms. The monoisotopic (exact) mass is 247 g/mol. The fraction of sp³-hybridized carbons (Fsp3) is 0.625.